The summed E-state index contributed by atoms with van der Waals surface area (Å²) in [4.78, 5) is 28.4. The number of hydrogen-bond acceptors (Lipinski definition) is 2. The summed E-state index contributed by atoms with van der Waals surface area (Å²) in [5.74, 6) is -0.263. The van der Waals surface area contributed by atoms with Crippen LogP contribution in [0, 0.1) is 13.8 Å². The molecule has 33 heavy (non-hydrogen) atoms. The second kappa shape index (κ2) is 6.98. The molecule has 0 amide bonds. The zero-order chi connectivity index (χ0) is 22.7. The number of fused-ring (bicyclic) bond motifs is 3. The van der Waals surface area contributed by atoms with Gasteiger partial charge < -0.3 is 0 Å². The van der Waals surface area contributed by atoms with Crippen LogP contribution in [0.5, 0.6) is 0 Å². The molecule has 6 rings (SSSR count). The lowest BCUT2D eigenvalue weighted by atomic mass is 9.70. The zero-order valence-electron chi connectivity index (χ0n) is 18.6. The number of Topliss-reactive ketones (excluding diaryl/α,β-unsaturated/α-hetero) is 2. The predicted octanol–water partition coefficient (Wildman–Crippen LogP) is 6.59. The van der Waals surface area contributed by atoms with Crippen molar-refractivity contribution in [1.82, 2.24) is 0 Å². The summed E-state index contributed by atoms with van der Waals surface area (Å²) in [6.45, 7) is 4.10. The van der Waals surface area contributed by atoms with Crippen LogP contribution in [-0.4, -0.2) is 11.6 Å². The van der Waals surface area contributed by atoms with Gasteiger partial charge >= 0.3 is 0 Å². The Bertz CT molecular complexity index is 1450. The molecule has 0 fully saturated rings. The zero-order valence-corrected chi connectivity index (χ0v) is 18.6. The standard InChI is InChI=1S/C31H22O2/c1-19-11-15-21(16-12-19)27-25-9-5-6-10-26(25)31(28(27)22-17-13-20(2)14-18-22)29(32)23-7-3-4-8-24(23)30(31)33/h3-18H,1-2H3. The van der Waals surface area contributed by atoms with E-state index >= 15 is 0 Å². The van der Waals surface area contributed by atoms with Crippen molar-refractivity contribution in [3.8, 4) is 0 Å². The van der Waals surface area contributed by atoms with Crippen molar-refractivity contribution in [2.24, 2.45) is 0 Å². The van der Waals surface area contributed by atoms with E-state index in [1.807, 2.05) is 67.6 Å². The fraction of sp³-hybridized carbons (Fsp3) is 0.0968. The molecule has 4 aromatic rings. The van der Waals surface area contributed by atoms with E-state index in [0.717, 1.165) is 44.5 Å². The van der Waals surface area contributed by atoms with E-state index in [9.17, 15) is 9.59 Å². The molecule has 0 N–H and O–H groups in total. The molecule has 0 aliphatic heterocycles. The van der Waals surface area contributed by atoms with Crippen LogP contribution in [0.2, 0.25) is 0 Å². The van der Waals surface area contributed by atoms with Gasteiger partial charge in [0.1, 0.15) is 5.41 Å². The summed E-state index contributed by atoms with van der Waals surface area (Å²) in [7, 11) is 0. The highest BCUT2D eigenvalue weighted by Gasteiger charge is 2.61. The van der Waals surface area contributed by atoms with Gasteiger partial charge in [-0.05, 0) is 47.2 Å². The highest BCUT2D eigenvalue weighted by molar-refractivity contribution is 6.43. The highest BCUT2D eigenvalue weighted by Crippen LogP contribution is 2.58. The van der Waals surface area contributed by atoms with Crippen LogP contribution < -0.4 is 0 Å². The quantitative estimate of drug-likeness (QED) is 0.339. The number of carbonyl (C=O) groups is 2. The number of ketones is 2. The third-order valence-corrected chi connectivity index (χ3v) is 7.00. The smallest absolute Gasteiger partial charge is 0.186 e. The lowest BCUT2D eigenvalue weighted by Crippen LogP contribution is -2.38. The Morgan fingerprint density at radius 1 is 0.515 bits per heavy atom. The van der Waals surface area contributed by atoms with Crippen molar-refractivity contribution in [3.05, 3.63) is 142 Å². The van der Waals surface area contributed by atoms with E-state index in [2.05, 4.69) is 31.2 Å². The Morgan fingerprint density at radius 2 is 0.970 bits per heavy atom. The van der Waals surface area contributed by atoms with Gasteiger partial charge in [-0.2, -0.15) is 0 Å². The monoisotopic (exact) mass is 426 g/mol. The molecule has 2 nitrogen and oxygen atoms in total. The van der Waals surface area contributed by atoms with Crippen LogP contribution in [0.15, 0.2) is 97.1 Å². The third kappa shape index (κ3) is 2.55. The predicted molar refractivity (Wildman–Crippen MR) is 131 cm³/mol. The van der Waals surface area contributed by atoms with E-state index in [-0.39, 0.29) is 11.6 Å². The average Bonchev–Trinajstić information content (AvgIpc) is 3.27. The molecule has 0 aromatic heterocycles. The van der Waals surface area contributed by atoms with Crippen molar-refractivity contribution in [2.75, 3.05) is 0 Å². The van der Waals surface area contributed by atoms with Gasteiger partial charge in [-0.15, -0.1) is 0 Å². The Kier molecular flexibility index (Phi) is 4.15. The lowest BCUT2D eigenvalue weighted by Gasteiger charge is -2.26. The van der Waals surface area contributed by atoms with E-state index < -0.39 is 5.41 Å². The number of allylic oxidation sites excluding steroid dienone is 1. The van der Waals surface area contributed by atoms with Crippen molar-refractivity contribution in [1.29, 1.82) is 0 Å². The SMILES string of the molecule is Cc1ccc(C2=C(c3ccc(C)cc3)C3(C(=O)c4ccccc4C3=O)c3ccccc32)cc1. The van der Waals surface area contributed by atoms with Crippen LogP contribution in [0.3, 0.4) is 0 Å². The van der Waals surface area contributed by atoms with E-state index in [0.29, 0.717) is 11.1 Å². The Morgan fingerprint density at radius 3 is 1.52 bits per heavy atom. The van der Waals surface area contributed by atoms with Gasteiger partial charge in [0.2, 0.25) is 0 Å². The van der Waals surface area contributed by atoms with Gasteiger partial charge in [0.25, 0.3) is 0 Å². The Labute approximate surface area is 193 Å². The molecule has 0 heterocycles. The van der Waals surface area contributed by atoms with Gasteiger partial charge in [0.05, 0.1) is 0 Å². The first-order valence-corrected chi connectivity index (χ1v) is 11.2. The summed E-state index contributed by atoms with van der Waals surface area (Å²) in [5, 5.41) is 0. The van der Waals surface area contributed by atoms with Gasteiger partial charge in [-0.3, -0.25) is 9.59 Å². The molecule has 4 aromatic carbocycles. The molecule has 1 spiro atoms. The summed E-state index contributed by atoms with van der Waals surface area (Å²) >= 11 is 0. The maximum Gasteiger partial charge on any atom is 0.186 e. The largest absolute Gasteiger partial charge is 0.292 e. The van der Waals surface area contributed by atoms with Gasteiger partial charge in [0.15, 0.2) is 11.6 Å². The first kappa shape index (κ1) is 19.6. The second-order valence-corrected chi connectivity index (χ2v) is 8.98. The van der Waals surface area contributed by atoms with Crippen molar-refractivity contribution in [3.63, 3.8) is 0 Å². The van der Waals surface area contributed by atoms with Gasteiger partial charge in [-0.1, -0.05) is 108 Å². The van der Waals surface area contributed by atoms with Crippen molar-refractivity contribution >= 4 is 22.7 Å². The minimum Gasteiger partial charge on any atom is -0.292 e. The molecular weight excluding hydrogens is 404 g/mol. The molecule has 0 atom stereocenters. The van der Waals surface area contributed by atoms with Crippen molar-refractivity contribution < 1.29 is 9.59 Å². The number of benzene rings is 4. The Balaban J connectivity index is 1.77. The van der Waals surface area contributed by atoms with Crippen LogP contribution in [0.1, 0.15) is 54.1 Å². The van der Waals surface area contributed by atoms with Gasteiger partial charge in [0, 0.05) is 11.1 Å². The number of aryl methyl sites for hydroxylation is 2. The van der Waals surface area contributed by atoms with Crippen LogP contribution in [-0.2, 0) is 5.41 Å². The van der Waals surface area contributed by atoms with E-state index in [1.54, 1.807) is 12.1 Å². The maximum absolute atomic E-state index is 14.2. The molecule has 0 bridgehead atoms. The fourth-order valence-corrected chi connectivity index (χ4v) is 5.44. The fourth-order valence-electron chi connectivity index (χ4n) is 5.44. The summed E-state index contributed by atoms with van der Waals surface area (Å²) < 4.78 is 0. The maximum atomic E-state index is 14.2. The minimum atomic E-state index is -1.37. The molecule has 0 saturated heterocycles. The molecule has 2 aliphatic rings. The summed E-state index contributed by atoms with van der Waals surface area (Å²) in [6.07, 6.45) is 0. The topological polar surface area (TPSA) is 34.1 Å². The molecule has 158 valence electrons. The number of rotatable bonds is 2. The normalized spacial score (nSPS) is 15.8. The lowest BCUT2D eigenvalue weighted by molar-refractivity contribution is 0.0845. The summed E-state index contributed by atoms with van der Waals surface area (Å²) in [6, 6.07) is 31.6. The minimum absolute atomic E-state index is 0.131. The molecule has 2 aliphatic carbocycles. The third-order valence-electron chi connectivity index (χ3n) is 7.00. The van der Waals surface area contributed by atoms with Crippen LogP contribution >= 0.6 is 0 Å². The number of carbonyl (C=O) groups excluding carboxylic acids is 2. The van der Waals surface area contributed by atoms with E-state index in [1.165, 1.54) is 0 Å². The Hall–Kier alpha value is -4.04. The first-order valence-electron chi connectivity index (χ1n) is 11.2. The average molecular weight is 427 g/mol. The van der Waals surface area contributed by atoms with Crippen LogP contribution in [0.25, 0.3) is 11.1 Å². The number of hydrogen-bond donors (Lipinski definition) is 0. The molecular formula is C31H22O2. The first-order chi connectivity index (χ1) is 16.0. The summed E-state index contributed by atoms with van der Waals surface area (Å²) in [5.41, 5.74) is 7.34. The van der Waals surface area contributed by atoms with Gasteiger partial charge in [-0.25, -0.2) is 0 Å². The molecule has 0 unspecified atom stereocenters. The van der Waals surface area contributed by atoms with E-state index in [4.69, 9.17) is 0 Å². The highest BCUT2D eigenvalue weighted by atomic mass is 16.2. The molecule has 2 heteroatoms. The van der Waals surface area contributed by atoms with Crippen molar-refractivity contribution in [2.45, 2.75) is 19.3 Å². The molecule has 0 saturated carbocycles. The second-order valence-electron chi connectivity index (χ2n) is 8.98. The molecule has 0 radical (unpaired) electrons. The van der Waals surface area contributed by atoms with Crippen LogP contribution in [0.4, 0.5) is 0 Å².